The first-order valence-electron chi connectivity index (χ1n) is 6.34. The molecule has 2 N–H and O–H groups in total. The summed E-state index contributed by atoms with van der Waals surface area (Å²) in [6.07, 6.45) is 0. The van der Waals surface area contributed by atoms with Crippen LogP contribution in [0.15, 0.2) is 35.2 Å². The third-order valence-electron chi connectivity index (χ3n) is 3.00. The molecule has 0 bridgehead atoms. The van der Waals surface area contributed by atoms with Crippen LogP contribution in [0.2, 0.25) is 0 Å². The third kappa shape index (κ3) is 3.73. The number of nitrogens with zero attached hydrogens (tertiary/aromatic N) is 1. The average molecular weight is 355 g/mol. The summed E-state index contributed by atoms with van der Waals surface area (Å²) in [6, 6.07) is 7.05. The van der Waals surface area contributed by atoms with Gasteiger partial charge in [0, 0.05) is 11.8 Å². The van der Waals surface area contributed by atoms with Crippen LogP contribution in [0.3, 0.4) is 0 Å². The van der Waals surface area contributed by atoms with Crippen LogP contribution in [0.1, 0.15) is 15.2 Å². The molecule has 0 unspecified atom stereocenters. The number of anilines is 1. The highest BCUT2D eigenvalue weighted by Crippen LogP contribution is 2.25. The second kappa shape index (κ2) is 6.44. The van der Waals surface area contributed by atoms with Crippen molar-refractivity contribution in [1.29, 1.82) is 0 Å². The molecule has 2 aromatic rings. The van der Waals surface area contributed by atoms with Crippen LogP contribution in [0.5, 0.6) is 0 Å². The molecule has 0 spiro atoms. The lowest BCUT2D eigenvalue weighted by molar-refractivity contribution is -0.380. The molecule has 1 heterocycles. The number of sulfonamides is 1. The Hall–Kier alpha value is -2.30. The molecule has 0 aliphatic rings. The quantitative estimate of drug-likeness (QED) is 0.629. The largest absolute Gasteiger partial charge is 0.324 e. The minimum absolute atomic E-state index is 0.0509. The summed E-state index contributed by atoms with van der Waals surface area (Å²) in [5.74, 6) is -0.542. The zero-order valence-electron chi connectivity index (χ0n) is 12.2. The highest BCUT2D eigenvalue weighted by atomic mass is 32.2. The van der Waals surface area contributed by atoms with E-state index < -0.39 is 20.9 Å². The maximum Gasteiger partial charge on any atom is 0.324 e. The third-order valence-corrected chi connectivity index (χ3v) is 5.59. The van der Waals surface area contributed by atoms with E-state index in [1.54, 1.807) is 19.1 Å². The summed E-state index contributed by atoms with van der Waals surface area (Å²) in [6.45, 7) is 1.64. The van der Waals surface area contributed by atoms with Crippen LogP contribution in [-0.4, -0.2) is 26.3 Å². The van der Waals surface area contributed by atoms with Crippen LogP contribution in [0, 0.1) is 17.0 Å². The molecule has 1 aromatic heterocycles. The monoisotopic (exact) mass is 355 g/mol. The second-order valence-corrected chi connectivity index (χ2v) is 7.45. The number of hydrogen-bond donors (Lipinski definition) is 2. The van der Waals surface area contributed by atoms with Gasteiger partial charge in [0.25, 0.3) is 5.91 Å². The Labute approximate surface area is 136 Å². The fourth-order valence-corrected chi connectivity index (χ4v) is 3.53. The van der Waals surface area contributed by atoms with Gasteiger partial charge in [0.1, 0.15) is 0 Å². The number of nitrogens with one attached hydrogen (secondary N) is 2. The van der Waals surface area contributed by atoms with E-state index in [0.717, 1.165) is 11.3 Å². The lowest BCUT2D eigenvalue weighted by Crippen LogP contribution is -2.20. The topological polar surface area (TPSA) is 118 Å². The molecule has 0 saturated heterocycles. The molecular formula is C13H13N3O5S2. The van der Waals surface area contributed by atoms with Crippen molar-refractivity contribution in [3.8, 4) is 0 Å². The summed E-state index contributed by atoms with van der Waals surface area (Å²) >= 11 is 0.744. The number of benzene rings is 1. The molecule has 0 aliphatic carbocycles. The van der Waals surface area contributed by atoms with E-state index in [1.165, 1.54) is 25.2 Å². The molecule has 1 aromatic carbocycles. The molecule has 10 heteroatoms. The van der Waals surface area contributed by atoms with Gasteiger partial charge in [-0.05, 0) is 37.7 Å². The van der Waals surface area contributed by atoms with Gasteiger partial charge in [0.05, 0.1) is 14.7 Å². The molecule has 0 saturated carbocycles. The van der Waals surface area contributed by atoms with Crippen molar-refractivity contribution >= 4 is 38.0 Å². The molecule has 0 aliphatic heterocycles. The highest BCUT2D eigenvalue weighted by molar-refractivity contribution is 7.89. The number of carbonyl (C=O) groups excluding carboxylic acids is 1. The Morgan fingerprint density at radius 1 is 1.26 bits per heavy atom. The number of hydrogen-bond acceptors (Lipinski definition) is 6. The first-order chi connectivity index (χ1) is 10.7. The lowest BCUT2D eigenvalue weighted by Gasteiger charge is -2.09. The fourth-order valence-electron chi connectivity index (χ4n) is 1.82. The Kier molecular flexibility index (Phi) is 4.78. The van der Waals surface area contributed by atoms with Gasteiger partial charge in [-0.1, -0.05) is 17.4 Å². The maximum absolute atomic E-state index is 12.1. The van der Waals surface area contributed by atoms with Gasteiger partial charge in [-0.3, -0.25) is 14.9 Å². The first-order valence-corrected chi connectivity index (χ1v) is 8.64. The molecule has 8 nitrogen and oxygen atoms in total. The maximum atomic E-state index is 12.1. The number of amides is 1. The van der Waals surface area contributed by atoms with Gasteiger partial charge in [0.2, 0.25) is 10.0 Å². The summed E-state index contributed by atoms with van der Waals surface area (Å²) in [5.41, 5.74) is 0.814. The zero-order chi connectivity index (χ0) is 17.2. The van der Waals surface area contributed by atoms with Crippen LogP contribution >= 0.6 is 11.3 Å². The second-order valence-electron chi connectivity index (χ2n) is 4.54. The first kappa shape index (κ1) is 17.1. The van der Waals surface area contributed by atoms with E-state index in [4.69, 9.17) is 0 Å². The number of aryl methyl sites for hydroxylation is 1. The Morgan fingerprint density at radius 3 is 2.52 bits per heavy atom. The van der Waals surface area contributed by atoms with Gasteiger partial charge in [-0.25, -0.2) is 13.1 Å². The van der Waals surface area contributed by atoms with Gasteiger partial charge < -0.3 is 5.32 Å². The van der Waals surface area contributed by atoms with Crippen LogP contribution in [0.4, 0.5) is 10.7 Å². The Morgan fingerprint density at radius 2 is 1.96 bits per heavy atom. The molecule has 0 fully saturated rings. The van der Waals surface area contributed by atoms with Crippen molar-refractivity contribution in [2.24, 2.45) is 0 Å². The lowest BCUT2D eigenvalue weighted by atomic mass is 10.2. The van der Waals surface area contributed by atoms with Crippen LogP contribution in [0.25, 0.3) is 0 Å². The summed E-state index contributed by atoms with van der Waals surface area (Å²) in [4.78, 5) is 22.3. The van der Waals surface area contributed by atoms with Gasteiger partial charge in [-0.15, -0.1) is 0 Å². The fraction of sp³-hybridized carbons (Fsp3) is 0.154. The van der Waals surface area contributed by atoms with Crippen molar-refractivity contribution in [3.63, 3.8) is 0 Å². The molecule has 23 heavy (non-hydrogen) atoms. The van der Waals surface area contributed by atoms with Crippen molar-refractivity contribution in [3.05, 3.63) is 50.9 Å². The minimum atomic E-state index is -3.65. The predicted molar refractivity (Wildman–Crippen MR) is 86.4 cm³/mol. The minimum Gasteiger partial charge on any atom is -0.321 e. The van der Waals surface area contributed by atoms with Crippen molar-refractivity contribution < 1.29 is 18.1 Å². The summed E-state index contributed by atoms with van der Waals surface area (Å²) in [7, 11) is -2.35. The van der Waals surface area contributed by atoms with E-state index in [1.807, 2.05) is 0 Å². The Balaban J connectivity index is 2.28. The molecule has 1 amide bonds. The van der Waals surface area contributed by atoms with Gasteiger partial charge >= 0.3 is 5.00 Å². The van der Waals surface area contributed by atoms with E-state index in [2.05, 4.69) is 10.0 Å². The number of thiophene rings is 1. The van der Waals surface area contributed by atoms with Crippen molar-refractivity contribution in [2.45, 2.75) is 11.8 Å². The SMILES string of the molecule is CNS(=O)(=O)c1cc(NC(=O)c2ccc([N+](=O)[O-])s2)ccc1C. The van der Waals surface area contributed by atoms with E-state index >= 15 is 0 Å². The molecular weight excluding hydrogens is 342 g/mol. The zero-order valence-corrected chi connectivity index (χ0v) is 13.8. The van der Waals surface area contributed by atoms with Crippen molar-refractivity contribution in [1.82, 2.24) is 4.72 Å². The number of carbonyl (C=O) groups is 1. The molecule has 0 atom stereocenters. The molecule has 0 radical (unpaired) electrons. The van der Waals surface area contributed by atoms with Gasteiger partial charge in [0.15, 0.2) is 0 Å². The van der Waals surface area contributed by atoms with E-state index in [9.17, 15) is 23.3 Å². The van der Waals surface area contributed by atoms with E-state index in [-0.39, 0.29) is 20.5 Å². The van der Waals surface area contributed by atoms with Crippen LogP contribution in [-0.2, 0) is 10.0 Å². The number of rotatable bonds is 5. The molecule has 122 valence electrons. The highest BCUT2D eigenvalue weighted by Gasteiger charge is 2.18. The van der Waals surface area contributed by atoms with Crippen LogP contribution < -0.4 is 10.0 Å². The number of nitro groups is 1. The smallest absolute Gasteiger partial charge is 0.321 e. The normalized spacial score (nSPS) is 11.2. The predicted octanol–water partition coefficient (Wildman–Crippen LogP) is 2.13. The van der Waals surface area contributed by atoms with Crippen molar-refractivity contribution in [2.75, 3.05) is 12.4 Å². The summed E-state index contributed by atoms with van der Waals surface area (Å²) in [5, 5.41) is 13.0. The average Bonchev–Trinajstić information content (AvgIpc) is 2.99. The van der Waals surface area contributed by atoms with E-state index in [0.29, 0.717) is 5.56 Å². The van der Waals surface area contributed by atoms with Gasteiger partial charge in [-0.2, -0.15) is 0 Å². The summed E-state index contributed by atoms with van der Waals surface area (Å²) < 4.78 is 26.0. The Bertz CT molecular complexity index is 873. The standard InChI is InChI=1S/C13H13N3O5S2/c1-8-3-4-9(7-11(8)23(20,21)14-2)15-13(17)10-5-6-12(22-10)16(18)19/h3-7,14H,1-2H3,(H,15,17). The molecule has 2 rings (SSSR count).